The van der Waals surface area contributed by atoms with E-state index in [0.717, 1.165) is 128 Å². The molecule has 0 saturated heterocycles. The van der Waals surface area contributed by atoms with Crippen LogP contribution in [0.1, 0.15) is 111 Å². The highest BCUT2D eigenvalue weighted by molar-refractivity contribution is 6.88. The minimum absolute atomic E-state index is 0.126. The molecule has 29 heteroatoms. The summed E-state index contributed by atoms with van der Waals surface area (Å²) in [6.07, 6.45) is 13.4. The summed E-state index contributed by atoms with van der Waals surface area (Å²) in [5.74, 6) is -0.891. The van der Waals surface area contributed by atoms with Gasteiger partial charge in [-0.25, -0.2) is 9.59 Å². The molecule has 91 heavy (non-hydrogen) atoms. The van der Waals surface area contributed by atoms with Crippen LogP contribution in [0.3, 0.4) is 0 Å². The highest BCUT2D eigenvalue weighted by Gasteiger charge is 2.41. The van der Waals surface area contributed by atoms with Crippen LogP contribution in [0.5, 0.6) is 0 Å². The van der Waals surface area contributed by atoms with Gasteiger partial charge in [-0.1, -0.05) is 71.4 Å². The molecule has 0 aliphatic heterocycles. The van der Waals surface area contributed by atoms with E-state index in [1.807, 2.05) is 6.55 Å². The van der Waals surface area contributed by atoms with E-state index >= 15 is 0 Å². The Morgan fingerprint density at radius 1 is 0.407 bits per heavy atom. The summed E-state index contributed by atoms with van der Waals surface area (Å²) in [4.78, 5) is 22.6. The van der Waals surface area contributed by atoms with Gasteiger partial charge < -0.3 is 94.3 Å². The molecule has 6 N–H and O–H groups in total. The van der Waals surface area contributed by atoms with Crippen LogP contribution >= 0.6 is 0 Å². The van der Waals surface area contributed by atoms with Gasteiger partial charge in [0.25, 0.3) is 0 Å². The second-order valence-electron chi connectivity index (χ2n) is 27.4. The number of rotatable bonds is 61. The third-order valence-corrected chi connectivity index (χ3v) is 38.2. The maximum absolute atomic E-state index is 11.3. The molecule has 0 aliphatic rings. The number of nitrogens with one attached hydrogen (secondary N) is 2. The number of carbonyl (C=O) groups is 2. The minimum atomic E-state index is -2.36. The van der Waals surface area contributed by atoms with Gasteiger partial charge in [-0.3, -0.25) is 0 Å². The summed E-state index contributed by atoms with van der Waals surface area (Å²) in [6.45, 7) is 46.8. The van der Waals surface area contributed by atoms with Gasteiger partial charge in [0, 0.05) is 44.7 Å². The molecule has 0 amide bonds. The highest BCUT2D eigenvalue weighted by atomic mass is 28.5. The van der Waals surface area contributed by atoms with Gasteiger partial charge in [-0.15, -0.1) is 0 Å². The molecule has 0 aromatic carbocycles. The smallest absolute Gasteiger partial charge is 0.348 e. The molecule has 4 atom stereocenters. The Morgan fingerprint density at radius 2 is 0.736 bits per heavy atom. The Hall–Kier alpha value is -0.782. The van der Waals surface area contributed by atoms with Crippen LogP contribution in [0.25, 0.3) is 0 Å². The Kier molecular flexibility index (Phi) is 53.0. The van der Waals surface area contributed by atoms with Crippen molar-refractivity contribution in [3.63, 3.8) is 0 Å². The average Bonchev–Trinajstić information content (AvgIpc) is 1.76. The van der Waals surface area contributed by atoms with E-state index in [0.29, 0.717) is 50.0 Å². The fourth-order valence-corrected chi connectivity index (χ4v) is 37.9. The molecule has 0 bridgehead atoms. The van der Waals surface area contributed by atoms with Gasteiger partial charge in [0.2, 0.25) is 16.6 Å². The lowest BCUT2D eigenvalue weighted by atomic mass is 10.1. The van der Waals surface area contributed by atoms with Crippen LogP contribution in [0.15, 0.2) is 24.3 Å². The molecule has 0 aromatic heterocycles. The molecule has 0 saturated carbocycles. The average molecular weight is 1430 g/mol. The van der Waals surface area contributed by atoms with E-state index in [1.54, 1.807) is 28.1 Å². The van der Waals surface area contributed by atoms with Crippen molar-refractivity contribution in [2.24, 2.45) is 0 Å². The van der Waals surface area contributed by atoms with Crippen molar-refractivity contribution < 1.29 is 93.2 Å². The normalized spacial score (nSPS) is 14.2. The predicted molar refractivity (Wildman–Crippen MR) is 381 cm³/mol. The number of hydrogen-bond acceptors (Lipinski definition) is 22. The predicted octanol–water partition coefficient (Wildman–Crippen LogP) is 9.69. The molecule has 0 spiro atoms. The van der Waals surface area contributed by atoms with E-state index in [-0.39, 0.29) is 52.9 Å². The molecule has 0 radical (unpaired) electrons. The quantitative estimate of drug-likeness (QED) is 0.0143. The lowest BCUT2D eigenvalue weighted by molar-refractivity contribution is -0.141. The molecular weight excluding hydrogens is 1290 g/mol. The maximum Gasteiger partial charge on any atom is 0.348 e. The second kappa shape index (κ2) is 52.3. The second-order valence-corrected chi connectivity index (χ2v) is 55.4. The number of carbonyl (C=O) groups excluding carboxylic acids is 2. The Bertz CT molecular complexity index is 1860. The molecule has 542 valence electrons. The summed E-state index contributed by atoms with van der Waals surface area (Å²) < 4.78 is 81.2. The zero-order valence-electron chi connectivity index (χ0n) is 60.6. The number of unbranched alkanes of at least 4 members (excludes halogenated alkanes) is 8. The largest absolute Gasteiger partial charge is 0.460 e. The Balaban J connectivity index is 0. The number of aliphatic hydroxyl groups is 4. The maximum atomic E-state index is 11.3. The Morgan fingerprint density at radius 3 is 1.09 bits per heavy atom. The van der Waals surface area contributed by atoms with Crippen LogP contribution in [-0.4, -0.2) is 247 Å². The van der Waals surface area contributed by atoms with Crippen LogP contribution in [0.4, 0.5) is 0 Å². The van der Waals surface area contributed by atoms with Gasteiger partial charge in [-0.05, 0) is 169 Å². The van der Waals surface area contributed by atoms with Crippen molar-refractivity contribution in [1.29, 1.82) is 0 Å². The third-order valence-electron chi connectivity index (χ3n) is 13.9. The summed E-state index contributed by atoms with van der Waals surface area (Å²) in [5, 5.41) is 47.4. The van der Waals surface area contributed by atoms with Gasteiger partial charge >= 0.3 is 37.6 Å². The van der Waals surface area contributed by atoms with Crippen LogP contribution in [0, 0.1) is 0 Å². The van der Waals surface area contributed by atoms with Crippen LogP contribution < -0.4 is 10.6 Å². The van der Waals surface area contributed by atoms with Gasteiger partial charge in [0.05, 0.1) is 77.5 Å². The first-order chi connectivity index (χ1) is 42.4. The van der Waals surface area contributed by atoms with E-state index in [1.165, 1.54) is 0 Å². The minimum Gasteiger partial charge on any atom is -0.460 e. The first kappa shape index (κ1) is 92.3. The molecule has 0 heterocycles. The molecule has 0 aromatic rings. The molecule has 0 aliphatic carbocycles. The lowest BCUT2D eigenvalue weighted by Gasteiger charge is -2.38. The molecule has 0 rings (SSSR count). The monoisotopic (exact) mass is 1420 g/mol. The molecule has 22 nitrogen and oxygen atoms in total. The van der Waals surface area contributed by atoms with Crippen molar-refractivity contribution in [3.8, 4) is 0 Å². The number of aliphatic hydroxyl groups excluding tert-OH is 4. The fourth-order valence-electron chi connectivity index (χ4n) is 9.72. The van der Waals surface area contributed by atoms with Gasteiger partial charge in [0.15, 0.2) is 16.6 Å². The molecule has 4 unspecified atom stereocenters. The van der Waals surface area contributed by atoms with Crippen LogP contribution in [0.2, 0.25) is 97.2 Å². The zero-order valence-corrected chi connectivity index (χ0v) is 67.6. The number of ether oxygens (including phenoxy) is 8. The molecular formula is C62H136N2O20Si7. The van der Waals surface area contributed by atoms with E-state index in [2.05, 4.69) is 109 Å². The summed E-state index contributed by atoms with van der Waals surface area (Å²) >= 11 is 0. The summed E-state index contributed by atoms with van der Waals surface area (Å²) in [6, 6.07) is 2.10. The highest BCUT2D eigenvalue weighted by Crippen LogP contribution is 2.27. The van der Waals surface area contributed by atoms with Crippen molar-refractivity contribution >= 4 is 70.9 Å². The third kappa shape index (κ3) is 58.0. The van der Waals surface area contributed by atoms with E-state index in [4.69, 9.17) is 63.2 Å². The van der Waals surface area contributed by atoms with Crippen LogP contribution in [-0.2, 0) is 72.8 Å². The Labute approximate surface area is 560 Å². The van der Waals surface area contributed by atoms with Crippen molar-refractivity contribution in [2.75, 3.05) is 132 Å². The summed E-state index contributed by atoms with van der Waals surface area (Å²) in [7, 11) is -11.4. The first-order valence-corrected chi connectivity index (χ1v) is 54.2. The van der Waals surface area contributed by atoms with Gasteiger partial charge in [0.1, 0.15) is 25.4 Å². The van der Waals surface area contributed by atoms with Crippen molar-refractivity contribution in [2.45, 2.75) is 232 Å². The number of esters is 2. The van der Waals surface area contributed by atoms with Gasteiger partial charge in [-0.2, -0.15) is 0 Å². The fraction of sp³-hybridized carbons (Fsp3) is 0.903. The molecule has 0 fully saturated rings. The van der Waals surface area contributed by atoms with E-state index in [9.17, 15) is 30.0 Å². The summed E-state index contributed by atoms with van der Waals surface area (Å²) in [5.41, 5.74) is 0.690. The van der Waals surface area contributed by atoms with E-state index < -0.39 is 95.3 Å². The SMILES string of the molecule is C=C(C)C(=O)OCCOCC(O)COCCCCC[Si](C)(C)O[Si](C)(C)O[Si](C)(C)COCC(O)CCCCCNCC.C=C(C)C(=O)OCCOCC(O)COCCCCC[Si](C)(C)O[Si](C)(C)O[Si](C)(C)COCC(O)CCCCCNC[Si](C)(OC)OC. The van der Waals surface area contributed by atoms with Crippen molar-refractivity contribution in [3.05, 3.63) is 24.3 Å². The lowest BCUT2D eigenvalue weighted by Crippen LogP contribution is -2.54. The standard InChI is InChI=1S/C32H71NO11Si4.C30H65NO9Si3/c1-29(2)32(36)42-22-21-40-26-31(35)25-39-20-16-13-17-23-45(5,6)43-47(9,10)44-46(7,8)28-41-24-30(34)18-14-12-15-19-33-27-48(11,37-3)38-4;1-10-31-18-14-11-13-17-28(32)23-37-26-42(6,7)40-43(8,9)39-41(4,5)22-16-12-15-19-35-24-29(33)25-36-20-21-38-30(34)27(2)3/h30-31,33-35H,1,12-28H2,2-11H3;28-29,31-33H,2,10-26H2,1,3-9H3. The zero-order chi connectivity index (χ0) is 69.5. The topological polar surface area (TPSA) is 268 Å². The number of hydrogen-bond donors (Lipinski definition) is 6. The van der Waals surface area contributed by atoms with Crippen molar-refractivity contribution in [1.82, 2.24) is 10.6 Å². The first-order valence-electron chi connectivity index (χ1n) is 33.6.